The number of hydrogen-bond donors (Lipinski definition) is 1. The van der Waals surface area contributed by atoms with Gasteiger partial charge in [-0.3, -0.25) is 14.7 Å². The van der Waals surface area contributed by atoms with E-state index in [0.717, 1.165) is 71.9 Å². The number of aliphatic carboxylic acids is 1. The van der Waals surface area contributed by atoms with Crippen molar-refractivity contribution in [2.45, 2.75) is 90.3 Å². The minimum Gasteiger partial charge on any atom is -0.478 e. The molecule has 1 amide bonds. The van der Waals surface area contributed by atoms with E-state index in [1.54, 1.807) is 18.2 Å². The molecular weight excluding hydrogens is 490 g/mol. The van der Waals surface area contributed by atoms with Gasteiger partial charge in [0.05, 0.1) is 12.2 Å². The normalized spacial score (nSPS) is 17.2. The number of carbonyl (C=O) groups is 2. The van der Waals surface area contributed by atoms with Crippen LogP contribution < -0.4 is 4.74 Å². The molecule has 0 radical (unpaired) electrons. The number of fused-ring (bicyclic) bond motifs is 1. The number of amidine groups is 1. The third kappa shape index (κ3) is 4.63. The second-order valence-corrected chi connectivity index (χ2v) is 11.5. The van der Waals surface area contributed by atoms with Crippen LogP contribution in [0.15, 0.2) is 29.3 Å². The predicted octanol–water partition coefficient (Wildman–Crippen LogP) is 5.25. The zero-order valence-corrected chi connectivity index (χ0v) is 22.6. The Morgan fingerprint density at radius 1 is 1.27 bits per heavy atom. The summed E-state index contributed by atoms with van der Waals surface area (Å²) in [6, 6.07) is 7.14. The standard InChI is InChI=1S/C27H33N5O4S/c1-5-6-12-21-29-27(13-7-8-14-27)23(33)31(21)16-20-17(2)32-25(37-20)28-22(30-32)18-10-9-11-19(15-18)36-26(3,4)24(34)35/h9-11,15H,5-8,12-14,16H2,1-4H3,(H,34,35). The summed E-state index contributed by atoms with van der Waals surface area (Å²) in [5, 5.41) is 14.1. The molecule has 0 saturated heterocycles. The lowest BCUT2D eigenvalue weighted by atomic mass is 9.98. The molecule has 9 nitrogen and oxygen atoms in total. The van der Waals surface area contributed by atoms with E-state index in [1.165, 1.54) is 25.2 Å². The molecule has 37 heavy (non-hydrogen) atoms. The van der Waals surface area contributed by atoms with Crippen LogP contribution in [0.3, 0.4) is 0 Å². The number of amides is 1. The highest BCUT2D eigenvalue weighted by Crippen LogP contribution is 2.40. The Morgan fingerprint density at radius 3 is 2.70 bits per heavy atom. The Balaban J connectivity index is 1.39. The van der Waals surface area contributed by atoms with Crippen molar-refractivity contribution in [3.63, 3.8) is 0 Å². The Labute approximate surface area is 220 Å². The number of thiazole rings is 1. The van der Waals surface area contributed by atoms with Gasteiger partial charge in [0.1, 0.15) is 17.1 Å². The maximum absolute atomic E-state index is 13.5. The Kier molecular flexibility index (Phi) is 6.55. The van der Waals surface area contributed by atoms with Crippen molar-refractivity contribution >= 4 is 34.0 Å². The summed E-state index contributed by atoms with van der Waals surface area (Å²) >= 11 is 1.53. The highest BCUT2D eigenvalue weighted by atomic mass is 32.1. The SMILES string of the molecule is CCCCC1=NC2(CCCC2)C(=O)N1Cc1sc2nc(-c3cccc(OC(C)(C)C(=O)O)c3)nn2c1C. The molecule has 10 heteroatoms. The van der Waals surface area contributed by atoms with Crippen LogP contribution in [0.2, 0.25) is 0 Å². The van der Waals surface area contributed by atoms with Crippen LogP contribution in [0, 0.1) is 6.92 Å². The van der Waals surface area contributed by atoms with Crippen molar-refractivity contribution in [1.82, 2.24) is 19.5 Å². The van der Waals surface area contributed by atoms with Gasteiger partial charge in [-0.15, -0.1) is 5.10 Å². The number of carboxylic acid groups (broad SMARTS) is 1. The molecule has 1 aromatic carbocycles. The second kappa shape index (κ2) is 9.55. The van der Waals surface area contributed by atoms with Gasteiger partial charge in [-0.2, -0.15) is 4.98 Å². The fourth-order valence-electron chi connectivity index (χ4n) is 5.03. The molecule has 3 heterocycles. The summed E-state index contributed by atoms with van der Waals surface area (Å²) in [6.45, 7) is 7.67. The second-order valence-electron chi connectivity index (χ2n) is 10.4. The van der Waals surface area contributed by atoms with Gasteiger partial charge >= 0.3 is 5.97 Å². The number of aromatic nitrogens is 3. The van der Waals surface area contributed by atoms with Gasteiger partial charge in [-0.05, 0) is 52.2 Å². The van der Waals surface area contributed by atoms with E-state index < -0.39 is 17.1 Å². The third-order valence-corrected chi connectivity index (χ3v) is 8.40. The van der Waals surface area contributed by atoms with Crippen molar-refractivity contribution in [1.29, 1.82) is 0 Å². The van der Waals surface area contributed by atoms with E-state index in [0.29, 0.717) is 18.1 Å². The van der Waals surface area contributed by atoms with Crippen LogP contribution >= 0.6 is 11.3 Å². The number of hydrogen-bond acceptors (Lipinski definition) is 7. The Hall–Kier alpha value is -3.27. The van der Waals surface area contributed by atoms with E-state index in [9.17, 15) is 14.7 Å². The number of unbranched alkanes of at least 4 members (excludes halogenated alkanes) is 1. The molecular formula is C27H33N5O4S. The average Bonchev–Trinajstić information content (AvgIpc) is 3.61. The van der Waals surface area contributed by atoms with Crippen LogP contribution in [0.1, 0.15) is 76.3 Å². The smallest absolute Gasteiger partial charge is 0.347 e. The van der Waals surface area contributed by atoms with Gasteiger partial charge in [-0.1, -0.05) is 49.7 Å². The van der Waals surface area contributed by atoms with Gasteiger partial charge < -0.3 is 9.84 Å². The maximum Gasteiger partial charge on any atom is 0.347 e. The number of aliphatic imine (C=N–C) groups is 1. The summed E-state index contributed by atoms with van der Waals surface area (Å²) < 4.78 is 7.50. The van der Waals surface area contributed by atoms with Crippen LogP contribution in [0.4, 0.5) is 0 Å². The first-order valence-electron chi connectivity index (χ1n) is 12.9. The summed E-state index contributed by atoms with van der Waals surface area (Å²) in [5.41, 5.74) is -0.201. The van der Waals surface area contributed by atoms with Crippen molar-refractivity contribution in [2.24, 2.45) is 4.99 Å². The molecule has 5 rings (SSSR count). The summed E-state index contributed by atoms with van der Waals surface area (Å²) in [6.07, 6.45) is 6.72. The molecule has 0 bridgehead atoms. The quantitative estimate of drug-likeness (QED) is 0.410. The van der Waals surface area contributed by atoms with Crippen molar-refractivity contribution in [3.8, 4) is 17.1 Å². The number of aryl methyl sites for hydroxylation is 1. The number of rotatable bonds is 9. The largest absolute Gasteiger partial charge is 0.478 e. The summed E-state index contributed by atoms with van der Waals surface area (Å²) in [5.74, 6) is 1.00. The first-order valence-corrected chi connectivity index (χ1v) is 13.7. The van der Waals surface area contributed by atoms with E-state index in [4.69, 9.17) is 19.8 Å². The van der Waals surface area contributed by atoms with Crippen molar-refractivity contribution in [2.75, 3.05) is 0 Å². The highest BCUT2D eigenvalue weighted by molar-refractivity contribution is 7.17. The first-order chi connectivity index (χ1) is 17.6. The van der Waals surface area contributed by atoms with Gasteiger partial charge in [0, 0.05) is 16.9 Å². The average molecular weight is 524 g/mol. The minimum absolute atomic E-state index is 0.149. The molecule has 1 aliphatic carbocycles. The number of carboxylic acids is 1. The van der Waals surface area contributed by atoms with Gasteiger partial charge in [0.25, 0.3) is 5.91 Å². The van der Waals surface area contributed by atoms with Crippen LogP contribution in [-0.2, 0) is 16.1 Å². The number of carbonyl (C=O) groups excluding carboxylic acids is 1. The highest BCUT2D eigenvalue weighted by Gasteiger charge is 2.49. The Bertz CT molecular complexity index is 1380. The molecule has 1 spiro atoms. The number of benzene rings is 1. The van der Waals surface area contributed by atoms with Gasteiger partial charge in [0.2, 0.25) is 4.96 Å². The third-order valence-electron chi connectivity index (χ3n) is 7.28. The Morgan fingerprint density at radius 2 is 2.03 bits per heavy atom. The monoisotopic (exact) mass is 523 g/mol. The lowest BCUT2D eigenvalue weighted by molar-refractivity contribution is -0.152. The van der Waals surface area contributed by atoms with Crippen molar-refractivity contribution < 1.29 is 19.4 Å². The topological polar surface area (TPSA) is 109 Å². The molecule has 1 saturated carbocycles. The fourth-order valence-corrected chi connectivity index (χ4v) is 6.08. The van der Waals surface area contributed by atoms with E-state index in [1.807, 2.05) is 22.4 Å². The number of nitrogens with zero attached hydrogens (tertiary/aromatic N) is 5. The molecule has 2 aliphatic rings. The zero-order chi connectivity index (χ0) is 26.4. The summed E-state index contributed by atoms with van der Waals surface area (Å²) in [7, 11) is 0. The molecule has 3 aromatic rings. The van der Waals surface area contributed by atoms with Crippen LogP contribution in [-0.4, -0.2) is 53.5 Å². The number of ether oxygens (including phenoxy) is 1. The first kappa shape index (κ1) is 25.4. The van der Waals surface area contributed by atoms with E-state index in [2.05, 4.69) is 6.92 Å². The van der Waals surface area contributed by atoms with Gasteiger partial charge in [0.15, 0.2) is 11.4 Å². The molecule has 0 atom stereocenters. The lowest BCUT2D eigenvalue weighted by Crippen LogP contribution is -2.40. The van der Waals surface area contributed by atoms with Gasteiger partial charge in [-0.25, -0.2) is 9.31 Å². The lowest BCUT2D eigenvalue weighted by Gasteiger charge is -2.22. The molecule has 196 valence electrons. The molecule has 2 aromatic heterocycles. The van der Waals surface area contributed by atoms with E-state index >= 15 is 0 Å². The zero-order valence-electron chi connectivity index (χ0n) is 21.8. The van der Waals surface area contributed by atoms with Crippen LogP contribution in [0.5, 0.6) is 5.75 Å². The van der Waals surface area contributed by atoms with E-state index in [-0.39, 0.29) is 5.91 Å². The van der Waals surface area contributed by atoms with Crippen molar-refractivity contribution in [3.05, 3.63) is 34.8 Å². The molecule has 1 N–H and O–H groups in total. The fraction of sp³-hybridized carbons (Fsp3) is 0.519. The molecule has 0 unspecified atom stereocenters. The minimum atomic E-state index is -1.35. The maximum atomic E-state index is 13.5. The molecule has 1 fully saturated rings. The molecule has 1 aliphatic heterocycles. The predicted molar refractivity (Wildman–Crippen MR) is 142 cm³/mol. The van der Waals surface area contributed by atoms with Crippen LogP contribution in [0.25, 0.3) is 16.3 Å². The summed E-state index contributed by atoms with van der Waals surface area (Å²) in [4.78, 5) is 38.4.